The maximum Gasteiger partial charge on any atom is 0.410 e. The summed E-state index contributed by atoms with van der Waals surface area (Å²) in [5.74, 6) is 0. The summed E-state index contributed by atoms with van der Waals surface area (Å²) in [4.78, 5) is 16.2. The minimum absolute atomic E-state index is 0.189. The third kappa shape index (κ3) is 7.14. The molecule has 1 aliphatic rings. The van der Waals surface area contributed by atoms with Crippen LogP contribution in [0.15, 0.2) is 0 Å². The molecular weight excluding hydrogens is 266 g/mol. The van der Waals surface area contributed by atoms with E-state index in [1.807, 2.05) is 25.7 Å². The molecule has 0 aromatic heterocycles. The van der Waals surface area contributed by atoms with E-state index in [1.165, 1.54) is 0 Å². The molecule has 1 rings (SSSR count). The van der Waals surface area contributed by atoms with Crippen LogP contribution in [-0.2, 0) is 4.74 Å². The van der Waals surface area contributed by atoms with E-state index >= 15 is 0 Å². The Kier molecular flexibility index (Phi) is 6.47. The smallest absolute Gasteiger partial charge is 0.410 e. The lowest BCUT2D eigenvalue weighted by molar-refractivity contribution is 0.0143. The Morgan fingerprint density at radius 3 is 2.14 bits per heavy atom. The van der Waals surface area contributed by atoms with Gasteiger partial charge in [0.25, 0.3) is 0 Å². The highest BCUT2D eigenvalue weighted by atomic mass is 16.6. The molecule has 1 amide bonds. The predicted octanol–water partition coefficient (Wildman–Crippen LogP) is 2.30. The van der Waals surface area contributed by atoms with Crippen LogP contribution in [0.1, 0.15) is 47.5 Å². The zero-order valence-corrected chi connectivity index (χ0v) is 14.4. The first kappa shape index (κ1) is 18.2. The third-order valence-corrected chi connectivity index (χ3v) is 3.90. The van der Waals surface area contributed by atoms with Crippen LogP contribution in [0.2, 0.25) is 0 Å². The Labute approximate surface area is 129 Å². The van der Waals surface area contributed by atoms with E-state index in [2.05, 4.69) is 18.7 Å². The van der Waals surface area contributed by atoms with Gasteiger partial charge in [0.15, 0.2) is 0 Å². The van der Waals surface area contributed by atoms with Crippen molar-refractivity contribution in [1.29, 1.82) is 0 Å². The summed E-state index contributed by atoms with van der Waals surface area (Å²) in [6.07, 6.45) is 2.12. The Morgan fingerprint density at radius 2 is 1.67 bits per heavy atom. The largest absolute Gasteiger partial charge is 0.444 e. The molecule has 1 aliphatic heterocycles. The van der Waals surface area contributed by atoms with E-state index in [4.69, 9.17) is 10.5 Å². The summed E-state index contributed by atoms with van der Waals surface area (Å²) in [6.45, 7) is 15.3. The summed E-state index contributed by atoms with van der Waals surface area (Å²) in [6, 6.07) is 0. The van der Waals surface area contributed by atoms with Crippen LogP contribution in [0.4, 0.5) is 4.79 Å². The molecule has 1 saturated heterocycles. The van der Waals surface area contributed by atoms with Crippen molar-refractivity contribution in [2.24, 2.45) is 11.1 Å². The summed E-state index contributed by atoms with van der Waals surface area (Å²) in [5, 5.41) is 0. The molecule has 0 atom stereocenters. The van der Waals surface area contributed by atoms with Crippen molar-refractivity contribution in [3.63, 3.8) is 0 Å². The first-order chi connectivity index (χ1) is 9.63. The first-order valence-corrected chi connectivity index (χ1v) is 8.03. The fourth-order valence-corrected chi connectivity index (χ4v) is 2.36. The van der Waals surface area contributed by atoms with Gasteiger partial charge in [0.2, 0.25) is 0 Å². The van der Waals surface area contributed by atoms with Gasteiger partial charge in [-0.2, -0.15) is 0 Å². The SMILES string of the molecule is CC(C)(CN)CCCN1CCN(C(=O)OC(C)(C)C)CC1. The predicted molar refractivity (Wildman–Crippen MR) is 86.3 cm³/mol. The second-order valence-corrected chi connectivity index (χ2v) is 7.78. The molecule has 2 N–H and O–H groups in total. The zero-order chi connectivity index (χ0) is 16.1. The minimum Gasteiger partial charge on any atom is -0.444 e. The maximum atomic E-state index is 12.0. The fraction of sp³-hybridized carbons (Fsp3) is 0.938. The van der Waals surface area contributed by atoms with Gasteiger partial charge in [0, 0.05) is 26.2 Å². The molecule has 124 valence electrons. The van der Waals surface area contributed by atoms with Crippen LogP contribution in [0, 0.1) is 5.41 Å². The number of hydrogen-bond acceptors (Lipinski definition) is 4. The van der Waals surface area contributed by atoms with Crippen LogP contribution in [0.3, 0.4) is 0 Å². The van der Waals surface area contributed by atoms with Gasteiger partial charge in [-0.3, -0.25) is 4.90 Å². The normalized spacial score (nSPS) is 17.9. The van der Waals surface area contributed by atoms with Crippen LogP contribution in [0.5, 0.6) is 0 Å². The average Bonchev–Trinajstić information content (AvgIpc) is 2.37. The van der Waals surface area contributed by atoms with Gasteiger partial charge in [-0.15, -0.1) is 0 Å². The van der Waals surface area contributed by atoms with Crippen LogP contribution < -0.4 is 5.73 Å². The quantitative estimate of drug-likeness (QED) is 0.846. The van der Waals surface area contributed by atoms with Gasteiger partial charge in [-0.05, 0) is 52.1 Å². The number of carbonyl (C=O) groups is 1. The van der Waals surface area contributed by atoms with Gasteiger partial charge < -0.3 is 15.4 Å². The topological polar surface area (TPSA) is 58.8 Å². The lowest BCUT2D eigenvalue weighted by atomic mass is 9.88. The van der Waals surface area contributed by atoms with E-state index in [9.17, 15) is 4.79 Å². The summed E-state index contributed by atoms with van der Waals surface area (Å²) in [7, 11) is 0. The minimum atomic E-state index is -0.415. The molecule has 0 radical (unpaired) electrons. The molecule has 0 unspecified atom stereocenters. The third-order valence-electron chi connectivity index (χ3n) is 3.90. The molecule has 0 spiro atoms. The van der Waals surface area contributed by atoms with Crippen LogP contribution in [-0.4, -0.2) is 60.8 Å². The molecule has 5 heteroatoms. The van der Waals surface area contributed by atoms with E-state index < -0.39 is 5.60 Å². The molecule has 1 heterocycles. The van der Waals surface area contributed by atoms with Crippen molar-refractivity contribution in [3.05, 3.63) is 0 Å². The molecule has 21 heavy (non-hydrogen) atoms. The number of piperazine rings is 1. The van der Waals surface area contributed by atoms with Crippen molar-refractivity contribution >= 4 is 6.09 Å². The van der Waals surface area contributed by atoms with Crippen molar-refractivity contribution in [3.8, 4) is 0 Å². The van der Waals surface area contributed by atoms with Gasteiger partial charge in [0.05, 0.1) is 0 Å². The monoisotopic (exact) mass is 299 g/mol. The highest BCUT2D eigenvalue weighted by Crippen LogP contribution is 2.20. The second kappa shape index (κ2) is 7.45. The van der Waals surface area contributed by atoms with E-state index in [0.717, 1.165) is 52.1 Å². The van der Waals surface area contributed by atoms with E-state index in [0.29, 0.717) is 0 Å². The van der Waals surface area contributed by atoms with E-state index in [-0.39, 0.29) is 11.5 Å². The average molecular weight is 299 g/mol. The van der Waals surface area contributed by atoms with Crippen molar-refractivity contribution in [2.45, 2.75) is 53.1 Å². The zero-order valence-electron chi connectivity index (χ0n) is 14.4. The number of hydrogen-bond donors (Lipinski definition) is 1. The van der Waals surface area contributed by atoms with Crippen molar-refractivity contribution in [2.75, 3.05) is 39.3 Å². The number of ether oxygens (including phenoxy) is 1. The molecule has 5 nitrogen and oxygen atoms in total. The molecule has 0 aromatic carbocycles. The van der Waals surface area contributed by atoms with Crippen LogP contribution in [0.25, 0.3) is 0 Å². The molecule has 0 aliphatic carbocycles. The summed E-state index contributed by atoms with van der Waals surface area (Å²) < 4.78 is 5.41. The molecule has 0 aromatic rings. The Balaban J connectivity index is 2.25. The summed E-state index contributed by atoms with van der Waals surface area (Å²) >= 11 is 0. The lowest BCUT2D eigenvalue weighted by Crippen LogP contribution is -2.50. The standard InChI is InChI=1S/C16H33N3O2/c1-15(2,3)21-14(20)19-11-9-18(10-12-19)8-6-7-16(4,5)13-17/h6-13,17H2,1-5H3. The molecule has 0 saturated carbocycles. The first-order valence-electron chi connectivity index (χ1n) is 8.03. The Morgan fingerprint density at radius 1 is 1.10 bits per heavy atom. The van der Waals surface area contributed by atoms with Gasteiger partial charge >= 0.3 is 6.09 Å². The van der Waals surface area contributed by atoms with Crippen molar-refractivity contribution in [1.82, 2.24) is 9.80 Å². The number of carbonyl (C=O) groups excluding carboxylic acids is 1. The highest BCUT2D eigenvalue weighted by molar-refractivity contribution is 5.68. The van der Waals surface area contributed by atoms with Gasteiger partial charge in [-0.25, -0.2) is 4.79 Å². The fourth-order valence-electron chi connectivity index (χ4n) is 2.36. The lowest BCUT2D eigenvalue weighted by Gasteiger charge is -2.36. The Hall–Kier alpha value is -0.810. The van der Waals surface area contributed by atoms with Crippen LogP contribution >= 0.6 is 0 Å². The van der Waals surface area contributed by atoms with Gasteiger partial charge in [-0.1, -0.05) is 13.8 Å². The Bertz CT molecular complexity index is 329. The summed E-state index contributed by atoms with van der Waals surface area (Å²) in [5.41, 5.74) is 5.58. The second-order valence-electron chi connectivity index (χ2n) is 7.78. The number of amides is 1. The van der Waals surface area contributed by atoms with E-state index in [1.54, 1.807) is 0 Å². The number of nitrogens with two attached hydrogens (primary N) is 1. The highest BCUT2D eigenvalue weighted by Gasteiger charge is 2.25. The van der Waals surface area contributed by atoms with Crippen molar-refractivity contribution < 1.29 is 9.53 Å². The number of nitrogens with zero attached hydrogens (tertiary/aromatic N) is 2. The molecular formula is C16H33N3O2. The molecule has 0 bridgehead atoms. The van der Waals surface area contributed by atoms with Gasteiger partial charge in [0.1, 0.15) is 5.60 Å². The maximum absolute atomic E-state index is 12.0. The number of rotatable bonds is 5. The molecule has 1 fully saturated rings.